The standard InChI is InChI=1S/C16H12Cl2N2O/c1-9-4-3-5-11(8-9)12-14(17)19-16(20-15(12)18)13-10(2)6-7-21-13/h3-8H,1-2H3. The van der Waals surface area contributed by atoms with Gasteiger partial charge < -0.3 is 4.42 Å². The minimum atomic E-state index is 0.311. The van der Waals surface area contributed by atoms with Crippen LogP contribution in [0.4, 0.5) is 0 Å². The van der Waals surface area contributed by atoms with E-state index in [0.29, 0.717) is 27.5 Å². The molecule has 0 atom stereocenters. The summed E-state index contributed by atoms with van der Waals surface area (Å²) in [6.07, 6.45) is 1.59. The van der Waals surface area contributed by atoms with E-state index < -0.39 is 0 Å². The molecule has 106 valence electrons. The van der Waals surface area contributed by atoms with Crippen molar-refractivity contribution < 1.29 is 4.42 Å². The maximum absolute atomic E-state index is 6.31. The predicted octanol–water partition coefficient (Wildman–Crippen LogP) is 5.33. The summed E-state index contributed by atoms with van der Waals surface area (Å²) < 4.78 is 5.38. The lowest BCUT2D eigenvalue weighted by atomic mass is 10.1. The van der Waals surface area contributed by atoms with Crippen molar-refractivity contribution in [1.29, 1.82) is 0 Å². The van der Waals surface area contributed by atoms with Gasteiger partial charge in [-0.05, 0) is 31.0 Å². The number of nitrogens with zero attached hydrogens (tertiary/aromatic N) is 2. The Morgan fingerprint density at radius 1 is 1.00 bits per heavy atom. The van der Waals surface area contributed by atoms with Crippen LogP contribution in [-0.4, -0.2) is 9.97 Å². The van der Waals surface area contributed by atoms with Crippen LogP contribution in [0.5, 0.6) is 0 Å². The van der Waals surface area contributed by atoms with Gasteiger partial charge in [-0.1, -0.05) is 53.0 Å². The molecule has 3 rings (SSSR count). The van der Waals surface area contributed by atoms with Crippen molar-refractivity contribution >= 4 is 23.2 Å². The zero-order valence-corrected chi connectivity index (χ0v) is 13.0. The van der Waals surface area contributed by atoms with E-state index in [2.05, 4.69) is 9.97 Å². The lowest BCUT2D eigenvalue weighted by Gasteiger charge is -2.08. The Labute approximate surface area is 132 Å². The molecule has 0 N–H and O–H groups in total. The summed E-state index contributed by atoms with van der Waals surface area (Å²) in [5.74, 6) is 0.971. The van der Waals surface area contributed by atoms with Gasteiger partial charge in [0.1, 0.15) is 10.3 Å². The van der Waals surface area contributed by atoms with Crippen LogP contribution in [-0.2, 0) is 0 Å². The fourth-order valence-electron chi connectivity index (χ4n) is 2.15. The fourth-order valence-corrected chi connectivity index (χ4v) is 2.76. The molecule has 0 unspecified atom stereocenters. The first-order chi connectivity index (χ1) is 10.1. The zero-order chi connectivity index (χ0) is 15.0. The lowest BCUT2D eigenvalue weighted by Crippen LogP contribution is -1.95. The number of halogens is 2. The van der Waals surface area contributed by atoms with E-state index in [9.17, 15) is 0 Å². The van der Waals surface area contributed by atoms with Gasteiger partial charge in [-0.2, -0.15) is 0 Å². The van der Waals surface area contributed by atoms with E-state index in [4.69, 9.17) is 27.6 Å². The molecule has 0 amide bonds. The quantitative estimate of drug-likeness (QED) is 0.599. The first-order valence-corrected chi connectivity index (χ1v) is 7.16. The Bertz CT molecular complexity index is 789. The van der Waals surface area contributed by atoms with Gasteiger partial charge in [0.05, 0.1) is 11.8 Å². The highest BCUT2D eigenvalue weighted by Gasteiger charge is 2.17. The number of aryl methyl sites for hydroxylation is 2. The molecule has 0 bridgehead atoms. The summed E-state index contributed by atoms with van der Waals surface area (Å²) in [5.41, 5.74) is 3.58. The summed E-state index contributed by atoms with van der Waals surface area (Å²) in [4.78, 5) is 8.64. The third kappa shape index (κ3) is 2.67. The number of furan rings is 1. The topological polar surface area (TPSA) is 38.9 Å². The number of rotatable bonds is 2. The van der Waals surface area contributed by atoms with Gasteiger partial charge in [-0.3, -0.25) is 0 Å². The van der Waals surface area contributed by atoms with Gasteiger partial charge >= 0.3 is 0 Å². The Kier molecular flexibility index (Phi) is 3.70. The first-order valence-electron chi connectivity index (χ1n) is 6.41. The molecule has 0 saturated carbocycles. The van der Waals surface area contributed by atoms with Crippen molar-refractivity contribution in [2.24, 2.45) is 0 Å². The molecule has 5 heteroatoms. The lowest BCUT2D eigenvalue weighted by molar-refractivity contribution is 0.575. The summed E-state index contributed by atoms with van der Waals surface area (Å²) in [6, 6.07) is 9.72. The molecule has 3 aromatic rings. The molecule has 0 aliphatic heterocycles. The minimum absolute atomic E-state index is 0.311. The van der Waals surface area contributed by atoms with Crippen molar-refractivity contribution in [1.82, 2.24) is 9.97 Å². The highest BCUT2D eigenvalue weighted by molar-refractivity contribution is 6.37. The molecule has 0 spiro atoms. The van der Waals surface area contributed by atoms with Crippen molar-refractivity contribution in [2.75, 3.05) is 0 Å². The second kappa shape index (κ2) is 5.51. The van der Waals surface area contributed by atoms with Crippen LogP contribution in [0.2, 0.25) is 10.3 Å². The number of benzene rings is 1. The van der Waals surface area contributed by atoms with Gasteiger partial charge in [-0.25, -0.2) is 9.97 Å². The number of hydrogen-bond acceptors (Lipinski definition) is 3. The predicted molar refractivity (Wildman–Crippen MR) is 84.7 cm³/mol. The maximum Gasteiger partial charge on any atom is 0.198 e. The Balaban J connectivity index is 2.15. The van der Waals surface area contributed by atoms with Crippen LogP contribution in [0.1, 0.15) is 11.1 Å². The molecule has 0 aliphatic carbocycles. The van der Waals surface area contributed by atoms with Crippen LogP contribution >= 0.6 is 23.2 Å². The summed E-state index contributed by atoms with van der Waals surface area (Å²) in [6.45, 7) is 3.92. The minimum Gasteiger partial charge on any atom is -0.461 e. The van der Waals surface area contributed by atoms with Gasteiger partial charge in [0.2, 0.25) is 0 Å². The average molecular weight is 319 g/mol. The molecule has 0 saturated heterocycles. The summed E-state index contributed by atoms with van der Waals surface area (Å²) in [5, 5.41) is 0.623. The molecule has 3 nitrogen and oxygen atoms in total. The van der Waals surface area contributed by atoms with Gasteiger partial charge in [-0.15, -0.1) is 0 Å². The third-order valence-electron chi connectivity index (χ3n) is 3.19. The Morgan fingerprint density at radius 2 is 1.71 bits per heavy atom. The summed E-state index contributed by atoms with van der Waals surface area (Å²) >= 11 is 12.6. The fraction of sp³-hybridized carbons (Fsp3) is 0.125. The largest absolute Gasteiger partial charge is 0.461 e. The average Bonchev–Trinajstić information content (AvgIpc) is 2.84. The summed E-state index contributed by atoms with van der Waals surface area (Å²) in [7, 11) is 0. The van der Waals surface area contributed by atoms with E-state index in [-0.39, 0.29) is 0 Å². The highest BCUT2D eigenvalue weighted by Crippen LogP contribution is 2.35. The number of aromatic nitrogens is 2. The normalized spacial score (nSPS) is 10.9. The van der Waals surface area contributed by atoms with E-state index >= 15 is 0 Å². The van der Waals surface area contributed by atoms with Gasteiger partial charge in [0, 0.05) is 0 Å². The Morgan fingerprint density at radius 3 is 2.29 bits per heavy atom. The SMILES string of the molecule is Cc1cccc(-c2c(Cl)nc(-c3occc3C)nc2Cl)c1. The molecular formula is C16H12Cl2N2O. The molecule has 0 fully saturated rings. The molecule has 1 aromatic carbocycles. The van der Waals surface area contributed by atoms with Crippen LogP contribution in [0, 0.1) is 13.8 Å². The molecule has 0 radical (unpaired) electrons. The molecule has 0 aliphatic rings. The van der Waals surface area contributed by atoms with E-state index in [0.717, 1.165) is 16.7 Å². The number of hydrogen-bond donors (Lipinski definition) is 0. The van der Waals surface area contributed by atoms with E-state index in [1.165, 1.54) is 0 Å². The van der Waals surface area contributed by atoms with Gasteiger partial charge in [0.25, 0.3) is 0 Å². The second-order valence-electron chi connectivity index (χ2n) is 4.81. The van der Waals surface area contributed by atoms with Crippen LogP contribution in [0.3, 0.4) is 0 Å². The molecule has 2 aromatic heterocycles. The second-order valence-corrected chi connectivity index (χ2v) is 5.52. The Hall–Kier alpha value is -1.84. The zero-order valence-electron chi connectivity index (χ0n) is 11.5. The van der Waals surface area contributed by atoms with Crippen LogP contribution in [0.25, 0.3) is 22.7 Å². The van der Waals surface area contributed by atoms with E-state index in [1.54, 1.807) is 6.26 Å². The van der Waals surface area contributed by atoms with Crippen LogP contribution < -0.4 is 0 Å². The molecule has 21 heavy (non-hydrogen) atoms. The monoisotopic (exact) mass is 318 g/mol. The molecular weight excluding hydrogens is 307 g/mol. The first kappa shape index (κ1) is 14.1. The van der Waals surface area contributed by atoms with Crippen molar-refractivity contribution in [3.05, 3.63) is 58.0 Å². The smallest absolute Gasteiger partial charge is 0.198 e. The van der Waals surface area contributed by atoms with Crippen molar-refractivity contribution in [3.63, 3.8) is 0 Å². The van der Waals surface area contributed by atoms with E-state index in [1.807, 2.05) is 44.2 Å². The van der Waals surface area contributed by atoms with Crippen molar-refractivity contribution in [3.8, 4) is 22.7 Å². The molecule has 2 heterocycles. The maximum atomic E-state index is 6.31. The van der Waals surface area contributed by atoms with Crippen LogP contribution in [0.15, 0.2) is 41.0 Å². The third-order valence-corrected chi connectivity index (χ3v) is 3.74. The van der Waals surface area contributed by atoms with Crippen molar-refractivity contribution in [2.45, 2.75) is 13.8 Å². The van der Waals surface area contributed by atoms with Gasteiger partial charge in [0.15, 0.2) is 11.6 Å². The highest BCUT2D eigenvalue weighted by atomic mass is 35.5.